The van der Waals surface area contributed by atoms with Gasteiger partial charge in [-0.2, -0.15) is 5.26 Å². The number of carbonyl (C=O) groups excluding carboxylic acids is 2. The number of allylic oxidation sites excluding steroid dienone is 1. The minimum absolute atomic E-state index is 0.385. The lowest BCUT2D eigenvalue weighted by molar-refractivity contribution is -0.128. The van der Waals surface area contributed by atoms with E-state index in [1.807, 2.05) is 66.0 Å². The number of nitrogens with one attached hydrogen (secondary N) is 1. The molecule has 3 aromatic rings. The Morgan fingerprint density at radius 3 is 2.31 bits per heavy atom. The Morgan fingerprint density at radius 2 is 1.69 bits per heavy atom. The molecule has 2 aromatic carbocycles. The molecule has 4 rings (SSSR count). The van der Waals surface area contributed by atoms with Gasteiger partial charge in [-0.05, 0) is 11.6 Å². The van der Waals surface area contributed by atoms with Gasteiger partial charge >= 0.3 is 0 Å². The van der Waals surface area contributed by atoms with E-state index < -0.39 is 17.7 Å². The zero-order chi connectivity index (χ0) is 20.2. The average Bonchev–Trinajstić information content (AvgIpc) is 3.17. The Balaban J connectivity index is 1.53. The molecule has 1 N–H and O–H groups in total. The maximum absolute atomic E-state index is 12.7. The summed E-state index contributed by atoms with van der Waals surface area (Å²) in [5, 5.41) is 14.6. The van der Waals surface area contributed by atoms with Crippen LogP contribution in [0.3, 0.4) is 0 Å². The van der Waals surface area contributed by atoms with Crippen LogP contribution in [0, 0.1) is 17.2 Å². The van der Waals surface area contributed by atoms with Gasteiger partial charge in [-0.3, -0.25) is 9.59 Å². The molecular formula is C23H15N3O2S. The van der Waals surface area contributed by atoms with Crippen LogP contribution in [0.4, 0.5) is 5.00 Å². The minimum Gasteiger partial charge on any atom is -0.316 e. The van der Waals surface area contributed by atoms with Gasteiger partial charge in [0.1, 0.15) is 17.0 Å². The van der Waals surface area contributed by atoms with E-state index >= 15 is 0 Å². The minimum atomic E-state index is -1.02. The number of anilines is 1. The van der Waals surface area contributed by atoms with Crippen LogP contribution >= 0.6 is 11.3 Å². The van der Waals surface area contributed by atoms with Crippen LogP contribution in [0.15, 0.2) is 83.2 Å². The van der Waals surface area contributed by atoms with Gasteiger partial charge in [-0.25, -0.2) is 4.99 Å². The molecule has 0 saturated carbocycles. The summed E-state index contributed by atoms with van der Waals surface area (Å²) in [7, 11) is 0. The molecule has 0 saturated heterocycles. The van der Waals surface area contributed by atoms with Crippen LogP contribution in [0.5, 0.6) is 0 Å². The first-order valence-electron chi connectivity index (χ1n) is 8.91. The summed E-state index contributed by atoms with van der Waals surface area (Å²) in [5.74, 6) is -2.04. The molecular weight excluding hydrogens is 382 g/mol. The van der Waals surface area contributed by atoms with Gasteiger partial charge in [-0.1, -0.05) is 66.7 Å². The first-order chi connectivity index (χ1) is 14.2. The molecule has 0 bridgehead atoms. The normalized spacial score (nSPS) is 15.5. The fourth-order valence-corrected chi connectivity index (χ4v) is 3.97. The molecule has 1 unspecified atom stereocenters. The van der Waals surface area contributed by atoms with Crippen molar-refractivity contribution in [2.45, 2.75) is 0 Å². The van der Waals surface area contributed by atoms with E-state index in [1.54, 1.807) is 12.2 Å². The van der Waals surface area contributed by atoms with Crippen LogP contribution < -0.4 is 5.32 Å². The number of aliphatic imine (C=N–C) groups is 1. The molecule has 1 aromatic heterocycles. The van der Waals surface area contributed by atoms with Crippen LogP contribution in [0.1, 0.15) is 11.1 Å². The van der Waals surface area contributed by atoms with Crippen LogP contribution in [0.25, 0.3) is 11.1 Å². The van der Waals surface area contributed by atoms with Gasteiger partial charge in [0.25, 0.3) is 5.91 Å². The molecule has 5 nitrogen and oxygen atoms in total. The zero-order valence-corrected chi connectivity index (χ0v) is 16.0. The Hall–Kier alpha value is -3.82. The lowest BCUT2D eigenvalue weighted by atomic mass is 10.0. The topological polar surface area (TPSA) is 82.3 Å². The lowest BCUT2D eigenvalue weighted by Gasteiger charge is -2.14. The molecule has 29 heavy (non-hydrogen) atoms. The van der Waals surface area contributed by atoms with Gasteiger partial charge in [0, 0.05) is 16.5 Å². The molecule has 6 heteroatoms. The number of dihydropyridines is 1. The maximum atomic E-state index is 12.7. The highest BCUT2D eigenvalue weighted by atomic mass is 32.1. The second-order valence-electron chi connectivity index (χ2n) is 6.36. The van der Waals surface area contributed by atoms with Crippen molar-refractivity contribution in [3.63, 3.8) is 0 Å². The van der Waals surface area contributed by atoms with Crippen molar-refractivity contribution in [2.75, 3.05) is 5.32 Å². The second kappa shape index (κ2) is 8.05. The van der Waals surface area contributed by atoms with Crippen molar-refractivity contribution in [2.24, 2.45) is 10.9 Å². The highest BCUT2D eigenvalue weighted by molar-refractivity contribution is 7.15. The molecule has 2 heterocycles. The van der Waals surface area contributed by atoms with Crippen molar-refractivity contribution >= 4 is 33.9 Å². The molecule has 1 atom stereocenters. The Bertz CT molecular complexity index is 1170. The quantitative estimate of drug-likeness (QED) is 0.661. The monoisotopic (exact) mass is 397 g/mol. The van der Waals surface area contributed by atoms with Gasteiger partial charge in [0.2, 0.25) is 5.91 Å². The maximum Gasteiger partial charge on any atom is 0.262 e. The third-order valence-corrected chi connectivity index (χ3v) is 5.42. The first kappa shape index (κ1) is 18.5. The molecule has 1 aliphatic heterocycles. The van der Waals surface area contributed by atoms with Crippen LogP contribution in [-0.4, -0.2) is 17.5 Å². The fraction of sp³-hybridized carbons (Fsp3) is 0.0435. The summed E-state index contributed by atoms with van der Waals surface area (Å²) in [6.45, 7) is 0. The van der Waals surface area contributed by atoms with E-state index in [9.17, 15) is 14.9 Å². The van der Waals surface area contributed by atoms with E-state index in [0.29, 0.717) is 16.3 Å². The van der Waals surface area contributed by atoms with E-state index in [0.717, 1.165) is 16.7 Å². The van der Waals surface area contributed by atoms with E-state index in [2.05, 4.69) is 16.4 Å². The highest BCUT2D eigenvalue weighted by Gasteiger charge is 2.28. The Labute approximate surface area is 171 Å². The van der Waals surface area contributed by atoms with Gasteiger partial charge in [0.05, 0.1) is 11.3 Å². The number of thiophene rings is 1. The standard InChI is InChI=1S/C23H15N3O2S/c24-13-18-19(15-7-3-1-4-8-15)14-29-23(18)26-22(28)17-11-12-20(25-21(17)27)16-9-5-2-6-10-16/h1-12,14,17H,(H,26,28). The highest BCUT2D eigenvalue weighted by Crippen LogP contribution is 2.35. The predicted molar refractivity (Wildman–Crippen MR) is 114 cm³/mol. The average molecular weight is 397 g/mol. The fourth-order valence-electron chi connectivity index (χ4n) is 3.05. The predicted octanol–water partition coefficient (Wildman–Crippen LogP) is 4.43. The SMILES string of the molecule is N#Cc1c(-c2ccccc2)csc1NC(=O)C1C=CC(c2ccccc2)=NC1=O. The Morgan fingerprint density at radius 1 is 1.03 bits per heavy atom. The van der Waals surface area contributed by atoms with Crippen molar-refractivity contribution in [3.05, 3.63) is 89.3 Å². The number of carbonyl (C=O) groups is 2. The number of hydrogen-bond acceptors (Lipinski definition) is 4. The number of hydrogen-bond donors (Lipinski definition) is 1. The molecule has 140 valence electrons. The molecule has 0 fully saturated rings. The van der Waals surface area contributed by atoms with Crippen molar-refractivity contribution in [1.29, 1.82) is 5.26 Å². The summed E-state index contributed by atoms with van der Waals surface area (Å²) >= 11 is 1.26. The van der Waals surface area contributed by atoms with Crippen molar-refractivity contribution in [1.82, 2.24) is 0 Å². The van der Waals surface area contributed by atoms with Gasteiger partial charge in [0.15, 0.2) is 0 Å². The zero-order valence-electron chi connectivity index (χ0n) is 15.2. The van der Waals surface area contributed by atoms with Crippen molar-refractivity contribution in [3.8, 4) is 17.2 Å². The molecule has 0 spiro atoms. The van der Waals surface area contributed by atoms with Crippen LogP contribution in [0.2, 0.25) is 0 Å². The summed E-state index contributed by atoms with van der Waals surface area (Å²) in [5.41, 5.74) is 3.37. The van der Waals surface area contributed by atoms with Crippen LogP contribution in [-0.2, 0) is 9.59 Å². The van der Waals surface area contributed by atoms with E-state index in [4.69, 9.17) is 0 Å². The van der Waals surface area contributed by atoms with Gasteiger partial charge < -0.3 is 5.32 Å². The molecule has 0 radical (unpaired) electrons. The number of nitrogens with zero attached hydrogens (tertiary/aromatic N) is 2. The third-order valence-electron chi connectivity index (χ3n) is 4.52. The van der Waals surface area contributed by atoms with E-state index in [1.165, 1.54) is 11.3 Å². The molecule has 2 amide bonds. The summed E-state index contributed by atoms with van der Waals surface area (Å²) in [6, 6.07) is 21.0. The van der Waals surface area contributed by atoms with Crippen molar-refractivity contribution < 1.29 is 9.59 Å². The number of amides is 2. The smallest absolute Gasteiger partial charge is 0.262 e. The number of rotatable bonds is 4. The van der Waals surface area contributed by atoms with Gasteiger partial charge in [-0.15, -0.1) is 11.3 Å². The molecule has 1 aliphatic rings. The molecule has 0 aliphatic carbocycles. The summed E-state index contributed by atoms with van der Waals surface area (Å²) in [6.07, 6.45) is 3.22. The summed E-state index contributed by atoms with van der Waals surface area (Å²) < 4.78 is 0. The third kappa shape index (κ3) is 3.77. The Kier molecular flexibility index (Phi) is 5.14. The largest absolute Gasteiger partial charge is 0.316 e. The first-order valence-corrected chi connectivity index (χ1v) is 9.79. The second-order valence-corrected chi connectivity index (χ2v) is 7.24. The lowest BCUT2D eigenvalue weighted by Crippen LogP contribution is -2.30. The van der Waals surface area contributed by atoms with E-state index in [-0.39, 0.29) is 0 Å². The summed E-state index contributed by atoms with van der Waals surface area (Å²) in [4.78, 5) is 29.2. The number of benzene rings is 2. The number of nitriles is 1.